The first kappa shape index (κ1) is 19.4. The number of alkyl halides is 3. The molecular weight excluding hydrogens is 345 g/mol. The molecule has 0 aliphatic rings. The maximum Gasteiger partial charge on any atom is 0.416 e. The number of rotatable bonds is 7. The fourth-order valence-electron chi connectivity index (χ4n) is 2.08. The van der Waals surface area contributed by atoms with Crippen LogP contribution in [0.5, 0.6) is 5.75 Å². The highest BCUT2D eigenvalue weighted by Gasteiger charge is 2.30. The second-order valence-electron chi connectivity index (χ2n) is 5.72. The van der Waals surface area contributed by atoms with E-state index >= 15 is 0 Å². The van der Waals surface area contributed by atoms with Gasteiger partial charge in [-0.3, -0.25) is 4.79 Å². The highest BCUT2D eigenvalue weighted by atomic mass is 19.4. The minimum Gasteiger partial charge on any atom is -0.487 e. The topological polar surface area (TPSA) is 50.4 Å². The smallest absolute Gasteiger partial charge is 0.416 e. The molecule has 0 bridgehead atoms. The fourth-order valence-corrected chi connectivity index (χ4v) is 2.08. The lowest BCUT2D eigenvalue weighted by Crippen LogP contribution is -2.22. The maximum absolute atomic E-state index is 12.7. The second-order valence-corrected chi connectivity index (χ2v) is 5.72. The molecule has 0 aliphatic heterocycles. The molecule has 2 rings (SSSR count). The quantitative estimate of drug-likeness (QED) is 0.700. The Morgan fingerprint density at radius 1 is 1.15 bits per heavy atom. The van der Waals surface area contributed by atoms with E-state index in [1.54, 1.807) is 24.3 Å². The molecule has 0 unspecified atom stereocenters. The van der Waals surface area contributed by atoms with E-state index in [1.807, 2.05) is 6.92 Å². The second kappa shape index (κ2) is 8.42. The molecule has 0 saturated carbocycles. The Bertz CT molecular complexity index is 788. The van der Waals surface area contributed by atoms with E-state index in [0.717, 1.165) is 17.7 Å². The molecule has 0 atom stereocenters. The summed E-state index contributed by atoms with van der Waals surface area (Å²) in [5.41, 5.74) is 0.741. The summed E-state index contributed by atoms with van der Waals surface area (Å²) in [4.78, 5) is 12.1. The van der Waals surface area contributed by atoms with Gasteiger partial charge in [0.1, 0.15) is 12.4 Å². The van der Waals surface area contributed by atoms with Crippen LogP contribution in [0.4, 0.5) is 24.5 Å². The van der Waals surface area contributed by atoms with E-state index in [1.165, 1.54) is 12.1 Å². The summed E-state index contributed by atoms with van der Waals surface area (Å²) in [5, 5.41) is 5.35. The van der Waals surface area contributed by atoms with Gasteiger partial charge in [0, 0.05) is 5.69 Å². The number of nitrogens with one attached hydrogen (secondary N) is 2. The monoisotopic (exact) mass is 364 g/mol. The van der Waals surface area contributed by atoms with E-state index in [2.05, 4.69) is 17.2 Å². The van der Waals surface area contributed by atoms with Gasteiger partial charge >= 0.3 is 6.18 Å². The molecule has 4 nitrogen and oxygen atoms in total. The zero-order chi connectivity index (χ0) is 19.2. The Balaban J connectivity index is 1.97. The Hall–Kier alpha value is -2.96. The molecule has 7 heteroatoms. The molecule has 0 aliphatic carbocycles. The number of carbonyl (C=O) groups excluding carboxylic acids is 1. The molecule has 26 heavy (non-hydrogen) atoms. The van der Waals surface area contributed by atoms with Gasteiger partial charge in [-0.1, -0.05) is 24.8 Å². The summed E-state index contributed by atoms with van der Waals surface area (Å²) >= 11 is 0. The van der Waals surface area contributed by atoms with Crippen LogP contribution in [0, 0.1) is 0 Å². The number of amides is 1. The molecule has 0 fully saturated rings. The van der Waals surface area contributed by atoms with Crippen molar-refractivity contribution in [3.8, 4) is 5.75 Å². The van der Waals surface area contributed by atoms with Crippen LogP contribution in [0.15, 0.2) is 60.7 Å². The SMILES string of the molecule is C=C(C)COc1ccccc1NC(=O)CNc1cccc(C(F)(F)F)c1. The summed E-state index contributed by atoms with van der Waals surface area (Å²) in [6.07, 6.45) is -4.43. The van der Waals surface area contributed by atoms with E-state index in [9.17, 15) is 18.0 Å². The number of hydrogen-bond donors (Lipinski definition) is 2. The minimum atomic E-state index is -4.43. The number of halogens is 3. The number of para-hydroxylation sites is 2. The lowest BCUT2D eigenvalue weighted by Gasteiger charge is -2.13. The lowest BCUT2D eigenvalue weighted by atomic mass is 10.2. The van der Waals surface area contributed by atoms with Gasteiger partial charge < -0.3 is 15.4 Å². The number of carbonyl (C=O) groups is 1. The summed E-state index contributed by atoms with van der Waals surface area (Å²) in [6, 6.07) is 11.6. The van der Waals surface area contributed by atoms with Crippen molar-refractivity contribution in [1.29, 1.82) is 0 Å². The molecule has 1 amide bonds. The Morgan fingerprint density at radius 2 is 1.88 bits per heavy atom. The first-order valence-corrected chi connectivity index (χ1v) is 7.83. The first-order chi connectivity index (χ1) is 12.3. The van der Waals surface area contributed by atoms with Crippen LogP contribution in [0.1, 0.15) is 12.5 Å². The summed E-state index contributed by atoms with van der Waals surface area (Å²) in [5.74, 6) is 0.0803. The van der Waals surface area contributed by atoms with Crippen molar-refractivity contribution in [2.45, 2.75) is 13.1 Å². The predicted octanol–water partition coefficient (Wildman–Crippen LogP) is 4.71. The molecule has 2 N–H and O–H groups in total. The summed E-state index contributed by atoms with van der Waals surface area (Å²) in [7, 11) is 0. The van der Waals surface area contributed by atoms with Gasteiger partial charge in [0.15, 0.2) is 0 Å². The van der Waals surface area contributed by atoms with Crippen molar-refractivity contribution in [3.63, 3.8) is 0 Å². The molecule has 2 aromatic carbocycles. The largest absolute Gasteiger partial charge is 0.487 e. The molecule has 0 aromatic heterocycles. The van der Waals surface area contributed by atoms with Gasteiger partial charge in [-0.05, 0) is 42.8 Å². The average molecular weight is 364 g/mol. The maximum atomic E-state index is 12.7. The van der Waals surface area contributed by atoms with Crippen LogP contribution in [0.3, 0.4) is 0 Å². The molecule has 0 saturated heterocycles. The van der Waals surface area contributed by atoms with Crippen molar-refractivity contribution >= 4 is 17.3 Å². The van der Waals surface area contributed by atoms with Crippen LogP contribution in [0.2, 0.25) is 0 Å². The summed E-state index contributed by atoms with van der Waals surface area (Å²) < 4.78 is 43.7. The Kier molecular flexibility index (Phi) is 6.27. The Morgan fingerprint density at radius 3 is 2.58 bits per heavy atom. The van der Waals surface area contributed by atoms with Crippen LogP contribution < -0.4 is 15.4 Å². The van der Waals surface area contributed by atoms with E-state index < -0.39 is 17.6 Å². The highest BCUT2D eigenvalue weighted by Crippen LogP contribution is 2.30. The fraction of sp³-hybridized carbons (Fsp3) is 0.211. The number of ether oxygens (including phenoxy) is 1. The van der Waals surface area contributed by atoms with E-state index in [0.29, 0.717) is 18.0 Å². The van der Waals surface area contributed by atoms with Gasteiger partial charge in [-0.15, -0.1) is 0 Å². The van der Waals surface area contributed by atoms with Crippen LogP contribution in [-0.4, -0.2) is 19.1 Å². The van der Waals surface area contributed by atoms with Crippen molar-refractivity contribution in [1.82, 2.24) is 0 Å². The lowest BCUT2D eigenvalue weighted by molar-refractivity contribution is -0.137. The molecule has 2 aromatic rings. The highest BCUT2D eigenvalue weighted by molar-refractivity contribution is 5.95. The minimum absolute atomic E-state index is 0.184. The number of hydrogen-bond acceptors (Lipinski definition) is 3. The van der Waals surface area contributed by atoms with Gasteiger partial charge in [0.05, 0.1) is 17.8 Å². The van der Waals surface area contributed by atoms with Crippen molar-refractivity contribution in [2.24, 2.45) is 0 Å². The third-order valence-corrected chi connectivity index (χ3v) is 3.28. The van der Waals surface area contributed by atoms with E-state index in [4.69, 9.17) is 4.74 Å². The van der Waals surface area contributed by atoms with E-state index in [-0.39, 0.29) is 12.2 Å². The van der Waals surface area contributed by atoms with Gasteiger partial charge in [0.2, 0.25) is 5.91 Å². The normalized spacial score (nSPS) is 10.9. The molecule has 0 radical (unpaired) electrons. The molecule has 138 valence electrons. The van der Waals surface area contributed by atoms with Crippen LogP contribution >= 0.6 is 0 Å². The van der Waals surface area contributed by atoms with Gasteiger partial charge in [-0.2, -0.15) is 13.2 Å². The molecule has 0 heterocycles. The number of anilines is 2. The van der Waals surface area contributed by atoms with Crippen molar-refractivity contribution in [3.05, 3.63) is 66.2 Å². The van der Waals surface area contributed by atoms with Crippen LogP contribution in [0.25, 0.3) is 0 Å². The molecule has 0 spiro atoms. The number of benzene rings is 2. The average Bonchev–Trinajstić information content (AvgIpc) is 2.58. The molecular formula is C19H19F3N2O2. The summed E-state index contributed by atoms with van der Waals surface area (Å²) in [6.45, 7) is 5.70. The van der Waals surface area contributed by atoms with Gasteiger partial charge in [0.25, 0.3) is 0 Å². The predicted molar refractivity (Wildman–Crippen MR) is 95.3 cm³/mol. The van der Waals surface area contributed by atoms with Crippen molar-refractivity contribution < 1.29 is 22.7 Å². The standard InChI is InChI=1S/C19H19F3N2O2/c1-13(2)12-26-17-9-4-3-8-16(17)24-18(25)11-23-15-7-5-6-14(10-15)19(20,21)22/h3-10,23H,1,11-12H2,2H3,(H,24,25). The third-order valence-electron chi connectivity index (χ3n) is 3.28. The van der Waals surface area contributed by atoms with Gasteiger partial charge in [-0.25, -0.2) is 0 Å². The zero-order valence-electron chi connectivity index (χ0n) is 14.2. The zero-order valence-corrected chi connectivity index (χ0v) is 14.2. The Labute approximate surface area is 149 Å². The van der Waals surface area contributed by atoms with Crippen LogP contribution in [-0.2, 0) is 11.0 Å². The van der Waals surface area contributed by atoms with Crippen molar-refractivity contribution in [2.75, 3.05) is 23.8 Å². The first-order valence-electron chi connectivity index (χ1n) is 7.83. The third kappa shape index (κ3) is 5.84.